The lowest BCUT2D eigenvalue weighted by molar-refractivity contribution is -0.131. The molecule has 2 atom stereocenters. The second-order valence-corrected chi connectivity index (χ2v) is 7.67. The van der Waals surface area contributed by atoms with Gasteiger partial charge in [0.15, 0.2) is 0 Å². The SMILES string of the molecule is Cc1nc(CN2C[C@@H]3CN(CC4CC4)C(=O)[C@@H]3C2)cs1. The van der Waals surface area contributed by atoms with E-state index in [0.29, 0.717) is 11.8 Å². The molecule has 3 aliphatic rings. The Balaban J connectivity index is 1.36. The number of hydrogen-bond acceptors (Lipinski definition) is 4. The van der Waals surface area contributed by atoms with Crippen molar-refractivity contribution in [3.05, 3.63) is 16.1 Å². The second-order valence-electron chi connectivity index (χ2n) is 6.61. The van der Waals surface area contributed by atoms with E-state index >= 15 is 0 Å². The molecular weight excluding hydrogens is 270 g/mol. The van der Waals surface area contributed by atoms with Gasteiger partial charge in [-0.05, 0) is 25.7 Å². The van der Waals surface area contributed by atoms with Crippen LogP contribution in [-0.4, -0.2) is 46.9 Å². The molecule has 3 fully saturated rings. The first kappa shape index (κ1) is 12.8. The Hall–Kier alpha value is -0.940. The molecule has 1 saturated carbocycles. The molecule has 1 aromatic rings. The maximum absolute atomic E-state index is 12.4. The summed E-state index contributed by atoms with van der Waals surface area (Å²) in [5.41, 5.74) is 1.16. The number of carbonyl (C=O) groups is 1. The largest absolute Gasteiger partial charge is 0.342 e. The number of nitrogens with zero attached hydrogens (tertiary/aromatic N) is 3. The fourth-order valence-electron chi connectivity index (χ4n) is 3.65. The van der Waals surface area contributed by atoms with Crippen molar-refractivity contribution in [3.8, 4) is 0 Å². The lowest BCUT2D eigenvalue weighted by Crippen LogP contribution is -2.34. The number of aryl methyl sites for hydroxylation is 1. The highest BCUT2D eigenvalue weighted by Crippen LogP contribution is 2.36. The van der Waals surface area contributed by atoms with E-state index in [2.05, 4.69) is 20.2 Å². The van der Waals surface area contributed by atoms with Crippen LogP contribution in [0.3, 0.4) is 0 Å². The minimum Gasteiger partial charge on any atom is -0.342 e. The van der Waals surface area contributed by atoms with Crippen LogP contribution in [0.15, 0.2) is 5.38 Å². The summed E-state index contributed by atoms with van der Waals surface area (Å²) in [5, 5.41) is 3.27. The van der Waals surface area contributed by atoms with Gasteiger partial charge in [-0.1, -0.05) is 0 Å². The van der Waals surface area contributed by atoms with Crippen molar-refractivity contribution in [3.63, 3.8) is 0 Å². The van der Waals surface area contributed by atoms with Gasteiger partial charge in [-0.2, -0.15) is 0 Å². The zero-order valence-corrected chi connectivity index (χ0v) is 12.7. The molecule has 1 aromatic heterocycles. The summed E-state index contributed by atoms with van der Waals surface area (Å²) < 4.78 is 0. The maximum Gasteiger partial charge on any atom is 0.227 e. The number of amides is 1. The minimum absolute atomic E-state index is 0.258. The van der Waals surface area contributed by atoms with Crippen LogP contribution in [0.5, 0.6) is 0 Å². The lowest BCUT2D eigenvalue weighted by atomic mass is 10.0. The van der Waals surface area contributed by atoms with E-state index in [1.807, 2.05) is 6.92 Å². The Labute approximate surface area is 123 Å². The summed E-state index contributed by atoms with van der Waals surface area (Å²) >= 11 is 1.71. The molecule has 4 nitrogen and oxygen atoms in total. The molecule has 0 aromatic carbocycles. The van der Waals surface area contributed by atoms with Gasteiger partial charge in [0, 0.05) is 44.0 Å². The predicted molar refractivity (Wildman–Crippen MR) is 78.4 cm³/mol. The van der Waals surface area contributed by atoms with Crippen LogP contribution < -0.4 is 0 Å². The smallest absolute Gasteiger partial charge is 0.227 e. The van der Waals surface area contributed by atoms with E-state index in [-0.39, 0.29) is 5.92 Å². The molecule has 20 heavy (non-hydrogen) atoms. The van der Waals surface area contributed by atoms with Gasteiger partial charge in [-0.3, -0.25) is 9.69 Å². The lowest BCUT2D eigenvalue weighted by Gasteiger charge is -2.21. The second kappa shape index (κ2) is 4.81. The number of fused-ring (bicyclic) bond motifs is 1. The molecule has 0 unspecified atom stereocenters. The number of thiazole rings is 1. The monoisotopic (exact) mass is 291 g/mol. The van der Waals surface area contributed by atoms with Crippen molar-refractivity contribution >= 4 is 17.2 Å². The number of carbonyl (C=O) groups excluding carboxylic acids is 1. The van der Waals surface area contributed by atoms with Crippen LogP contribution in [0.1, 0.15) is 23.5 Å². The van der Waals surface area contributed by atoms with Crippen LogP contribution in [0.4, 0.5) is 0 Å². The van der Waals surface area contributed by atoms with Gasteiger partial charge in [0.2, 0.25) is 5.91 Å². The first-order valence-electron chi connectivity index (χ1n) is 7.61. The fourth-order valence-corrected chi connectivity index (χ4v) is 4.25. The summed E-state index contributed by atoms with van der Waals surface area (Å²) in [5.74, 6) is 2.04. The maximum atomic E-state index is 12.4. The van der Waals surface area contributed by atoms with Crippen molar-refractivity contribution in [1.82, 2.24) is 14.8 Å². The van der Waals surface area contributed by atoms with E-state index in [1.165, 1.54) is 12.8 Å². The third-order valence-electron chi connectivity index (χ3n) is 4.83. The van der Waals surface area contributed by atoms with Crippen molar-refractivity contribution < 1.29 is 4.79 Å². The average molecular weight is 291 g/mol. The molecule has 0 radical (unpaired) electrons. The first-order chi connectivity index (χ1) is 9.69. The molecule has 108 valence electrons. The highest BCUT2D eigenvalue weighted by Gasteiger charge is 2.46. The van der Waals surface area contributed by atoms with Crippen LogP contribution in [0.25, 0.3) is 0 Å². The van der Waals surface area contributed by atoms with Gasteiger partial charge in [-0.25, -0.2) is 4.98 Å². The first-order valence-corrected chi connectivity index (χ1v) is 8.49. The molecule has 2 saturated heterocycles. The quantitative estimate of drug-likeness (QED) is 0.848. The minimum atomic E-state index is 0.258. The fraction of sp³-hybridized carbons (Fsp3) is 0.733. The van der Waals surface area contributed by atoms with Crippen molar-refractivity contribution in [2.45, 2.75) is 26.3 Å². The molecule has 2 aliphatic heterocycles. The Morgan fingerprint density at radius 3 is 2.85 bits per heavy atom. The van der Waals surface area contributed by atoms with Crippen LogP contribution >= 0.6 is 11.3 Å². The molecule has 0 bridgehead atoms. The summed E-state index contributed by atoms with van der Waals surface area (Å²) in [6.07, 6.45) is 2.66. The van der Waals surface area contributed by atoms with E-state index < -0.39 is 0 Å². The van der Waals surface area contributed by atoms with Crippen molar-refractivity contribution in [2.75, 3.05) is 26.2 Å². The van der Waals surface area contributed by atoms with Gasteiger partial charge in [0.25, 0.3) is 0 Å². The Morgan fingerprint density at radius 2 is 2.20 bits per heavy atom. The zero-order valence-electron chi connectivity index (χ0n) is 11.9. The standard InChI is InChI=1S/C15H21N3OS/c1-10-16-13(9-20-10)7-17-5-12-6-18(4-11-2-3-11)15(19)14(12)8-17/h9,11-12,14H,2-8H2,1H3/t12-,14-/m1/s1. The third kappa shape index (κ3) is 2.37. The Morgan fingerprint density at radius 1 is 1.35 bits per heavy atom. The van der Waals surface area contributed by atoms with Crippen molar-refractivity contribution in [1.29, 1.82) is 0 Å². The summed E-state index contributed by atoms with van der Waals surface area (Å²) in [7, 11) is 0. The van der Waals surface area contributed by atoms with E-state index in [4.69, 9.17) is 0 Å². The number of likely N-dealkylation sites (tertiary alicyclic amines) is 2. The Kier molecular flexibility index (Phi) is 3.07. The van der Waals surface area contributed by atoms with Gasteiger partial charge in [-0.15, -0.1) is 11.3 Å². The van der Waals surface area contributed by atoms with Crippen LogP contribution in [0, 0.1) is 24.7 Å². The number of hydrogen-bond donors (Lipinski definition) is 0. The average Bonchev–Trinajstić information content (AvgIpc) is 2.90. The van der Waals surface area contributed by atoms with Crippen LogP contribution in [0.2, 0.25) is 0 Å². The topological polar surface area (TPSA) is 36.4 Å². The predicted octanol–water partition coefficient (Wildman–Crippen LogP) is 1.75. The molecular formula is C15H21N3OS. The molecule has 0 spiro atoms. The summed E-state index contributed by atoms with van der Waals surface area (Å²) in [6.45, 7) is 6.97. The normalized spacial score (nSPS) is 30.2. The molecule has 5 heteroatoms. The summed E-state index contributed by atoms with van der Waals surface area (Å²) in [6, 6.07) is 0. The van der Waals surface area contributed by atoms with Crippen molar-refractivity contribution in [2.24, 2.45) is 17.8 Å². The highest BCUT2D eigenvalue weighted by molar-refractivity contribution is 7.09. The zero-order chi connectivity index (χ0) is 13.7. The molecule has 1 amide bonds. The third-order valence-corrected chi connectivity index (χ3v) is 5.65. The highest BCUT2D eigenvalue weighted by atomic mass is 32.1. The molecule has 4 rings (SSSR count). The van der Waals surface area contributed by atoms with Gasteiger partial charge in [0.1, 0.15) is 0 Å². The van der Waals surface area contributed by atoms with Crippen LogP contribution in [-0.2, 0) is 11.3 Å². The van der Waals surface area contributed by atoms with Gasteiger partial charge < -0.3 is 4.90 Å². The summed E-state index contributed by atoms with van der Waals surface area (Å²) in [4.78, 5) is 21.5. The van der Waals surface area contributed by atoms with E-state index in [1.54, 1.807) is 11.3 Å². The van der Waals surface area contributed by atoms with Gasteiger partial charge in [0.05, 0.1) is 16.6 Å². The Bertz CT molecular complexity index is 525. The molecule has 1 aliphatic carbocycles. The molecule has 0 N–H and O–H groups in total. The number of aromatic nitrogens is 1. The van der Waals surface area contributed by atoms with E-state index in [9.17, 15) is 4.79 Å². The number of rotatable bonds is 4. The van der Waals surface area contributed by atoms with E-state index in [0.717, 1.165) is 49.3 Å². The van der Waals surface area contributed by atoms with Gasteiger partial charge >= 0.3 is 0 Å². The molecule has 3 heterocycles.